The van der Waals surface area contributed by atoms with Gasteiger partial charge in [-0.05, 0) is 32.8 Å². The fourth-order valence-corrected chi connectivity index (χ4v) is 5.30. The first-order valence-corrected chi connectivity index (χ1v) is 12.4. The molecule has 1 aromatic carbocycles. The van der Waals surface area contributed by atoms with Gasteiger partial charge in [0.2, 0.25) is 11.9 Å². The minimum Gasteiger partial charge on any atom is -0.341 e. The molecule has 184 valence electrons. The first kappa shape index (κ1) is 22.5. The highest BCUT2D eigenvalue weighted by atomic mass is 16.2. The second-order valence-electron chi connectivity index (χ2n) is 9.41. The lowest BCUT2D eigenvalue weighted by atomic mass is 10.1. The molecule has 3 aliphatic heterocycles. The Morgan fingerprint density at radius 1 is 1.17 bits per heavy atom. The SMILES string of the molecule is CC#CCn1c(N2CCCC(N)C2)nc2c1C(=O)N(Cc1nc(C)c3ccccc3n1)C1=NCCN12. The lowest BCUT2D eigenvalue weighted by Crippen LogP contribution is -2.50. The van der Waals surface area contributed by atoms with Gasteiger partial charge < -0.3 is 10.6 Å². The summed E-state index contributed by atoms with van der Waals surface area (Å²) < 4.78 is 1.95. The number of guanidine groups is 1. The average Bonchev–Trinajstić information content (AvgIpc) is 3.51. The van der Waals surface area contributed by atoms with E-state index in [-0.39, 0.29) is 18.5 Å². The van der Waals surface area contributed by atoms with Gasteiger partial charge in [-0.15, -0.1) is 5.92 Å². The number of piperidine rings is 1. The number of aromatic nitrogens is 4. The number of anilines is 2. The van der Waals surface area contributed by atoms with Crippen LogP contribution in [-0.4, -0.2) is 68.5 Å². The standard InChI is InChI=1S/C26H29N9O/c1-3-4-13-33-22-23(31-26(33)32-12-7-8-18(27)15-32)34-14-11-28-25(34)35(24(22)36)16-21-29-17(2)19-9-5-6-10-20(19)30-21/h5-6,9-10,18H,7-8,11-16,27H2,1-2H3. The number of aliphatic imine (C=N–C) groups is 1. The molecule has 3 aliphatic rings. The van der Waals surface area contributed by atoms with Gasteiger partial charge in [0.05, 0.1) is 25.2 Å². The third-order valence-corrected chi connectivity index (χ3v) is 6.99. The molecule has 10 nitrogen and oxygen atoms in total. The van der Waals surface area contributed by atoms with E-state index in [1.165, 1.54) is 0 Å². The van der Waals surface area contributed by atoms with Crippen molar-refractivity contribution < 1.29 is 4.79 Å². The summed E-state index contributed by atoms with van der Waals surface area (Å²) in [7, 11) is 0. The summed E-state index contributed by atoms with van der Waals surface area (Å²) in [5, 5.41) is 1.01. The van der Waals surface area contributed by atoms with Crippen LogP contribution in [0.1, 0.15) is 41.8 Å². The maximum atomic E-state index is 14.1. The molecule has 2 aromatic heterocycles. The zero-order valence-electron chi connectivity index (χ0n) is 20.6. The van der Waals surface area contributed by atoms with Crippen molar-refractivity contribution in [1.29, 1.82) is 0 Å². The van der Waals surface area contributed by atoms with E-state index < -0.39 is 0 Å². The number of hydrogen-bond donors (Lipinski definition) is 1. The van der Waals surface area contributed by atoms with Crippen molar-refractivity contribution in [2.45, 2.75) is 45.8 Å². The Bertz CT molecular complexity index is 1450. The van der Waals surface area contributed by atoms with E-state index in [2.05, 4.69) is 21.7 Å². The summed E-state index contributed by atoms with van der Waals surface area (Å²) >= 11 is 0. The highest BCUT2D eigenvalue weighted by Crippen LogP contribution is 2.35. The Hall–Kier alpha value is -3.97. The predicted octanol–water partition coefficient (Wildman–Crippen LogP) is 1.92. The maximum Gasteiger partial charge on any atom is 0.281 e. The highest BCUT2D eigenvalue weighted by molar-refractivity contribution is 6.18. The number of carbonyl (C=O) groups excluding carboxylic acids is 1. The number of hydrogen-bond acceptors (Lipinski definition) is 8. The van der Waals surface area contributed by atoms with Gasteiger partial charge in [-0.25, -0.2) is 9.97 Å². The van der Waals surface area contributed by atoms with E-state index in [4.69, 9.17) is 20.7 Å². The zero-order valence-corrected chi connectivity index (χ0v) is 20.6. The molecule has 36 heavy (non-hydrogen) atoms. The molecule has 0 bridgehead atoms. The van der Waals surface area contributed by atoms with Gasteiger partial charge in [0.15, 0.2) is 11.5 Å². The monoisotopic (exact) mass is 483 g/mol. The van der Waals surface area contributed by atoms with E-state index >= 15 is 0 Å². The fourth-order valence-electron chi connectivity index (χ4n) is 5.30. The summed E-state index contributed by atoms with van der Waals surface area (Å²) in [6.45, 7) is 7.21. The molecule has 3 aromatic rings. The highest BCUT2D eigenvalue weighted by Gasteiger charge is 2.43. The number of imidazole rings is 1. The minimum atomic E-state index is -0.158. The number of nitrogens with two attached hydrogens (primary N) is 1. The van der Waals surface area contributed by atoms with Crippen LogP contribution < -0.4 is 15.5 Å². The van der Waals surface area contributed by atoms with Gasteiger partial charge >= 0.3 is 0 Å². The molecule has 5 heterocycles. The molecule has 0 saturated carbocycles. The molecule has 1 amide bonds. The first-order valence-electron chi connectivity index (χ1n) is 12.4. The van der Waals surface area contributed by atoms with Gasteiger partial charge in [-0.2, -0.15) is 4.98 Å². The Morgan fingerprint density at radius 3 is 2.86 bits per heavy atom. The number of carbonyl (C=O) groups is 1. The van der Waals surface area contributed by atoms with E-state index in [1.807, 2.05) is 40.7 Å². The zero-order chi connectivity index (χ0) is 24.8. The topological polar surface area (TPSA) is 109 Å². The Balaban J connectivity index is 1.43. The van der Waals surface area contributed by atoms with Crippen molar-refractivity contribution in [3.05, 3.63) is 41.5 Å². The normalized spacial score (nSPS) is 19.2. The quantitative estimate of drug-likeness (QED) is 0.565. The third kappa shape index (κ3) is 3.67. The predicted molar refractivity (Wildman–Crippen MR) is 139 cm³/mol. The fraction of sp³-hybridized carbons (Fsp3) is 0.423. The summed E-state index contributed by atoms with van der Waals surface area (Å²) in [6, 6.07) is 8.00. The molecule has 2 N–H and O–H groups in total. The van der Waals surface area contributed by atoms with Crippen LogP contribution in [0.15, 0.2) is 29.3 Å². The number of nitrogens with zero attached hydrogens (tertiary/aromatic N) is 8. The van der Waals surface area contributed by atoms with Crippen molar-refractivity contribution in [2.24, 2.45) is 10.7 Å². The maximum absolute atomic E-state index is 14.1. The van der Waals surface area contributed by atoms with Gasteiger partial charge in [0, 0.05) is 36.8 Å². The molecule has 1 saturated heterocycles. The second-order valence-corrected chi connectivity index (χ2v) is 9.41. The molecule has 10 heteroatoms. The molecule has 1 fully saturated rings. The minimum absolute atomic E-state index is 0.0857. The first-order chi connectivity index (χ1) is 17.5. The van der Waals surface area contributed by atoms with E-state index in [0.717, 1.165) is 41.9 Å². The smallest absolute Gasteiger partial charge is 0.281 e. The summed E-state index contributed by atoms with van der Waals surface area (Å²) in [5.41, 5.74) is 8.56. The summed E-state index contributed by atoms with van der Waals surface area (Å²) in [6.07, 6.45) is 1.99. The number of aryl methyl sites for hydroxylation is 1. The van der Waals surface area contributed by atoms with Crippen LogP contribution in [0.5, 0.6) is 0 Å². The van der Waals surface area contributed by atoms with Crippen molar-refractivity contribution in [1.82, 2.24) is 24.4 Å². The summed E-state index contributed by atoms with van der Waals surface area (Å²) in [4.78, 5) is 39.1. The van der Waals surface area contributed by atoms with Crippen LogP contribution in [0, 0.1) is 18.8 Å². The summed E-state index contributed by atoms with van der Waals surface area (Å²) in [5.74, 6) is 8.52. The molecule has 0 radical (unpaired) electrons. The van der Waals surface area contributed by atoms with E-state index in [1.54, 1.807) is 11.8 Å². The van der Waals surface area contributed by atoms with Crippen LogP contribution in [0.3, 0.4) is 0 Å². The van der Waals surface area contributed by atoms with Gasteiger partial charge in [-0.3, -0.25) is 24.2 Å². The largest absolute Gasteiger partial charge is 0.341 e. The van der Waals surface area contributed by atoms with Crippen LogP contribution >= 0.6 is 0 Å². The lowest BCUT2D eigenvalue weighted by molar-refractivity contribution is 0.0821. The van der Waals surface area contributed by atoms with Gasteiger partial charge in [-0.1, -0.05) is 24.1 Å². The lowest BCUT2D eigenvalue weighted by Gasteiger charge is -2.33. The number of fused-ring (bicyclic) bond motifs is 4. The number of benzene rings is 1. The van der Waals surface area contributed by atoms with Crippen LogP contribution in [-0.2, 0) is 13.1 Å². The number of para-hydroxylation sites is 1. The molecule has 0 spiro atoms. The van der Waals surface area contributed by atoms with Gasteiger partial charge in [0.25, 0.3) is 5.91 Å². The number of rotatable bonds is 4. The van der Waals surface area contributed by atoms with Crippen LogP contribution in [0.25, 0.3) is 10.9 Å². The molecular formula is C26H29N9O. The molecule has 6 rings (SSSR count). The average molecular weight is 484 g/mol. The van der Waals surface area contributed by atoms with Crippen molar-refractivity contribution in [3.63, 3.8) is 0 Å². The van der Waals surface area contributed by atoms with Crippen LogP contribution in [0.2, 0.25) is 0 Å². The van der Waals surface area contributed by atoms with E-state index in [0.29, 0.717) is 49.5 Å². The second kappa shape index (κ2) is 8.91. The Labute approximate surface area is 209 Å². The molecule has 0 aliphatic carbocycles. The molecular weight excluding hydrogens is 454 g/mol. The third-order valence-electron chi connectivity index (χ3n) is 6.99. The van der Waals surface area contributed by atoms with Gasteiger partial charge in [0.1, 0.15) is 5.82 Å². The van der Waals surface area contributed by atoms with Crippen LogP contribution in [0.4, 0.5) is 11.8 Å². The van der Waals surface area contributed by atoms with E-state index in [9.17, 15) is 4.79 Å². The Kier molecular flexibility index (Phi) is 5.57. The number of amides is 1. The molecule has 1 atom stereocenters. The molecule has 1 unspecified atom stereocenters. The van der Waals surface area contributed by atoms with Crippen molar-refractivity contribution in [3.8, 4) is 11.8 Å². The Morgan fingerprint density at radius 2 is 2.03 bits per heavy atom. The van der Waals surface area contributed by atoms with Crippen molar-refractivity contribution in [2.75, 3.05) is 36.0 Å². The van der Waals surface area contributed by atoms with Crippen molar-refractivity contribution >= 4 is 34.5 Å².